The summed E-state index contributed by atoms with van der Waals surface area (Å²) in [4.78, 5) is 1.11. The normalized spacial score (nSPS) is 30.8. The summed E-state index contributed by atoms with van der Waals surface area (Å²) >= 11 is 10.2. The van der Waals surface area contributed by atoms with Crippen molar-refractivity contribution in [3.63, 3.8) is 0 Å². The number of nitrogens with two attached hydrogens (primary N) is 1. The Morgan fingerprint density at radius 2 is 1.89 bits per heavy atom. The lowest BCUT2D eigenvalue weighted by Gasteiger charge is -2.47. The summed E-state index contributed by atoms with van der Waals surface area (Å²) in [6, 6.07) is 0.404. The molecule has 0 saturated heterocycles. The Balaban J connectivity index is 2.72. The maximum absolute atomic E-state index is 5.62. The van der Waals surface area contributed by atoms with Crippen molar-refractivity contribution in [2.45, 2.75) is 65.8 Å². The fourth-order valence-electron chi connectivity index (χ4n) is 3.61. The van der Waals surface area contributed by atoms with Gasteiger partial charge in [-0.05, 0) is 66.9 Å². The average molecular weight is 287 g/mol. The Hall–Kier alpha value is -0.220. The second kappa shape index (κ2) is 5.83. The Labute approximate surface area is 122 Å². The average Bonchev–Trinajstić information content (AvgIpc) is 2.10. The topological polar surface area (TPSA) is 38.0 Å². The highest BCUT2D eigenvalue weighted by Gasteiger charge is 2.40. The second-order valence-electron chi connectivity index (χ2n) is 6.97. The van der Waals surface area contributed by atoms with Crippen LogP contribution < -0.4 is 11.1 Å². The molecule has 2 nitrogen and oxygen atoms in total. The van der Waals surface area contributed by atoms with E-state index in [9.17, 15) is 0 Å². The van der Waals surface area contributed by atoms with Gasteiger partial charge in [-0.2, -0.15) is 0 Å². The summed E-state index contributed by atoms with van der Waals surface area (Å²) in [5.74, 6) is 0. The fraction of sp³-hybridized carbons (Fsp3) is 0.857. The summed E-state index contributed by atoms with van der Waals surface area (Å²) in [7, 11) is 0. The van der Waals surface area contributed by atoms with Crippen LogP contribution in [0, 0.1) is 10.8 Å². The van der Waals surface area contributed by atoms with Gasteiger partial charge in [0.1, 0.15) is 0 Å². The van der Waals surface area contributed by atoms with Crippen LogP contribution in [0.3, 0.4) is 0 Å². The zero-order chi connectivity index (χ0) is 14.0. The maximum atomic E-state index is 5.62. The molecule has 0 aliphatic heterocycles. The third-order valence-electron chi connectivity index (χ3n) is 3.87. The standard InChI is InChI=1S/C14H26N2S2/c1-10(17)5-6-14(4)8-11(16-12(15)18)7-13(2,3)9-14/h11H,5-9H2,1-4H3,(H3,15,16,18). The summed E-state index contributed by atoms with van der Waals surface area (Å²) < 4.78 is 0. The summed E-state index contributed by atoms with van der Waals surface area (Å²) in [6.45, 7) is 9.09. The quantitative estimate of drug-likeness (QED) is 0.775. The molecule has 1 saturated carbocycles. The number of nitrogens with one attached hydrogen (secondary N) is 1. The first-order valence-electron chi connectivity index (χ1n) is 6.67. The second-order valence-corrected chi connectivity index (χ2v) is 8.10. The Kier molecular flexibility index (Phi) is 5.13. The molecule has 18 heavy (non-hydrogen) atoms. The van der Waals surface area contributed by atoms with Gasteiger partial charge >= 0.3 is 0 Å². The third kappa shape index (κ3) is 5.19. The minimum absolute atomic E-state index is 0.338. The van der Waals surface area contributed by atoms with Crippen molar-refractivity contribution in [3.05, 3.63) is 0 Å². The van der Waals surface area contributed by atoms with Crippen molar-refractivity contribution < 1.29 is 0 Å². The number of thiocarbonyl (C=S) groups is 2. The zero-order valence-corrected chi connectivity index (χ0v) is 13.6. The van der Waals surface area contributed by atoms with Crippen LogP contribution in [0.4, 0.5) is 0 Å². The van der Waals surface area contributed by atoms with Gasteiger partial charge in [0.15, 0.2) is 5.11 Å². The molecule has 1 fully saturated rings. The van der Waals surface area contributed by atoms with E-state index in [1.54, 1.807) is 0 Å². The van der Waals surface area contributed by atoms with Gasteiger partial charge in [0.05, 0.1) is 0 Å². The predicted molar refractivity (Wildman–Crippen MR) is 87.0 cm³/mol. The molecule has 2 unspecified atom stereocenters. The Morgan fingerprint density at radius 3 is 2.39 bits per heavy atom. The van der Waals surface area contributed by atoms with Gasteiger partial charge in [-0.25, -0.2) is 0 Å². The molecule has 104 valence electrons. The van der Waals surface area contributed by atoms with Gasteiger partial charge < -0.3 is 11.1 Å². The van der Waals surface area contributed by atoms with E-state index in [-0.39, 0.29) is 0 Å². The lowest BCUT2D eigenvalue weighted by molar-refractivity contribution is 0.0719. The molecule has 0 spiro atoms. The van der Waals surface area contributed by atoms with Crippen molar-refractivity contribution >= 4 is 34.4 Å². The van der Waals surface area contributed by atoms with E-state index in [4.69, 9.17) is 30.2 Å². The number of hydrogen-bond acceptors (Lipinski definition) is 2. The first-order valence-corrected chi connectivity index (χ1v) is 7.49. The summed E-state index contributed by atoms with van der Waals surface area (Å²) in [5, 5.41) is 3.68. The molecule has 1 aliphatic rings. The van der Waals surface area contributed by atoms with Crippen LogP contribution >= 0.6 is 24.4 Å². The van der Waals surface area contributed by atoms with Gasteiger partial charge in [-0.1, -0.05) is 33.0 Å². The lowest BCUT2D eigenvalue weighted by Crippen LogP contribution is -2.48. The molecule has 3 N–H and O–H groups in total. The van der Waals surface area contributed by atoms with Gasteiger partial charge in [-0.3, -0.25) is 0 Å². The highest BCUT2D eigenvalue weighted by molar-refractivity contribution is 7.80. The van der Waals surface area contributed by atoms with Gasteiger partial charge in [-0.15, -0.1) is 0 Å². The molecule has 0 radical (unpaired) electrons. The van der Waals surface area contributed by atoms with E-state index in [2.05, 4.69) is 26.1 Å². The fourth-order valence-corrected chi connectivity index (χ4v) is 3.87. The van der Waals surface area contributed by atoms with E-state index in [1.807, 2.05) is 6.92 Å². The molecule has 4 heteroatoms. The minimum Gasteiger partial charge on any atom is -0.376 e. The largest absolute Gasteiger partial charge is 0.376 e. The SMILES string of the molecule is CC(=S)CCC1(C)CC(NC(N)=S)CC(C)(C)C1. The molecular weight excluding hydrogens is 260 g/mol. The number of rotatable bonds is 4. The lowest BCUT2D eigenvalue weighted by atomic mass is 9.61. The van der Waals surface area contributed by atoms with Crippen LogP contribution in [0.15, 0.2) is 0 Å². The smallest absolute Gasteiger partial charge is 0.163 e. The molecule has 0 aromatic rings. The van der Waals surface area contributed by atoms with E-state index in [0.29, 0.717) is 22.0 Å². The van der Waals surface area contributed by atoms with Gasteiger partial charge in [0.25, 0.3) is 0 Å². The van der Waals surface area contributed by atoms with Crippen LogP contribution in [0.25, 0.3) is 0 Å². The summed E-state index contributed by atoms with van der Waals surface area (Å²) in [6.07, 6.45) is 5.73. The van der Waals surface area contributed by atoms with Crippen molar-refractivity contribution in [3.8, 4) is 0 Å². The van der Waals surface area contributed by atoms with Crippen LogP contribution in [0.2, 0.25) is 0 Å². The third-order valence-corrected chi connectivity index (χ3v) is 4.19. The molecule has 0 aromatic carbocycles. The molecule has 0 amide bonds. The van der Waals surface area contributed by atoms with Gasteiger partial charge in [0, 0.05) is 6.04 Å². The Morgan fingerprint density at radius 1 is 1.28 bits per heavy atom. The first-order chi connectivity index (χ1) is 8.12. The van der Waals surface area contributed by atoms with Crippen LogP contribution in [0.1, 0.15) is 59.8 Å². The number of hydrogen-bond donors (Lipinski definition) is 2. The van der Waals surface area contributed by atoms with E-state index in [1.165, 1.54) is 12.8 Å². The summed E-state index contributed by atoms with van der Waals surface area (Å²) in [5.41, 5.74) is 6.30. The van der Waals surface area contributed by atoms with E-state index in [0.717, 1.165) is 24.1 Å². The highest BCUT2D eigenvalue weighted by atomic mass is 32.1. The maximum Gasteiger partial charge on any atom is 0.163 e. The first kappa shape index (κ1) is 15.8. The van der Waals surface area contributed by atoms with Crippen molar-refractivity contribution in [2.24, 2.45) is 16.6 Å². The monoisotopic (exact) mass is 286 g/mol. The minimum atomic E-state index is 0.338. The van der Waals surface area contributed by atoms with Crippen LogP contribution in [0.5, 0.6) is 0 Å². The predicted octanol–water partition coefficient (Wildman–Crippen LogP) is 3.57. The highest BCUT2D eigenvalue weighted by Crippen LogP contribution is 2.48. The van der Waals surface area contributed by atoms with Crippen LogP contribution in [-0.2, 0) is 0 Å². The van der Waals surface area contributed by atoms with Gasteiger partial charge in [0.2, 0.25) is 0 Å². The molecule has 0 heterocycles. The molecule has 0 aromatic heterocycles. The molecule has 2 atom stereocenters. The molecule has 0 bridgehead atoms. The zero-order valence-electron chi connectivity index (χ0n) is 12.0. The molecule has 1 rings (SSSR count). The van der Waals surface area contributed by atoms with Crippen molar-refractivity contribution in [1.82, 2.24) is 5.32 Å². The van der Waals surface area contributed by atoms with Crippen molar-refractivity contribution in [1.29, 1.82) is 0 Å². The van der Waals surface area contributed by atoms with E-state index >= 15 is 0 Å². The van der Waals surface area contributed by atoms with Crippen molar-refractivity contribution in [2.75, 3.05) is 0 Å². The Bertz CT molecular complexity index is 339. The van der Waals surface area contributed by atoms with E-state index < -0.39 is 0 Å². The molecule has 1 aliphatic carbocycles. The molecular formula is C14H26N2S2. The van der Waals surface area contributed by atoms with Crippen LogP contribution in [-0.4, -0.2) is 16.0 Å².